The van der Waals surface area contributed by atoms with Gasteiger partial charge in [-0.1, -0.05) is 0 Å². The van der Waals surface area contributed by atoms with Crippen molar-refractivity contribution in [2.75, 3.05) is 6.54 Å². The smallest absolute Gasteiger partial charge is 0.230 e. The highest BCUT2D eigenvalue weighted by molar-refractivity contribution is 6.05. The number of likely N-dealkylation sites (tertiary alicyclic amines) is 1. The first kappa shape index (κ1) is 12.5. The van der Waals surface area contributed by atoms with Gasteiger partial charge in [-0.25, -0.2) is 4.98 Å². The van der Waals surface area contributed by atoms with Crippen LogP contribution in [0.3, 0.4) is 0 Å². The Morgan fingerprint density at radius 3 is 2.83 bits per heavy atom. The maximum Gasteiger partial charge on any atom is 0.230 e. The molecule has 1 fully saturated rings. The van der Waals surface area contributed by atoms with Gasteiger partial charge in [0.15, 0.2) is 5.78 Å². The molecule has 0 unspecified atom stereocenters. The monoisotopic (exact) mass is 248 g/mol. The molecule has 2 heterocycles. The highest BCUT2D eigenvalue weighted by Gasteiger charge is 2.27. The maximum atomic E-state index is 11.5. The first-order valence-electron chi connectivity index (χ1n) is 5.95. The minimum atomic E-state index is -0.108. The molecule has 1 aliphatic heterocycles. The lowest BCUT2D eigenvalue weighted by molar-refractivity contribution is -0.128. The van der Waals surface area contributed by atoms with Crippen LogP contribution in [0.2, 0.25) is 0 Å². The first-order valence-corrected chi connectivity index (χ1v) is 5.95. The van der Waals surface area contributed by atoms with Crippen LogP contribution in [0.15, 0.2) is 18.3 Å². The number of pyridine rings is 1. The van der Waals surface area contributed by atoms with Crippen LogP contribution < -0.4 is 4.74 Å². The normalized spacial score (nSPS) is 15.6. The molecule has 5 nitrogen and oxygen atoms in total. The molecule has 1 aliphatic rings. The molecule has 96 valence electrons. The fraction of sp³-hybridized carbons (Fsp3) is 0.462. The lowest BCUT2D eigenvalue weighted by Crippen LogP contribution is -2.24. The highest BCUT2D eigenvalue weighted by atomic mass is 16.5. The van der Waals surface area contributed by atoms with Crippen molar-refractivity contribution in [1.29, 1.82) is 0 Å². The Labute approximate surface area is 106 Å². The van der Waals surface area contributed by atoms with E-state index in [-0.39, 0.29) is 30.8 Å². The third-order valence-corrected chi connectivity index (χ3v) is 2.60. The van der Waals surface area contributed by atoms with E-state index in [0.717, 1.165) is 5.56 Å². The van der Waals surface area contributed by atoms with Crippen molar-refractivity contribution in [3.63, 3.8) is 0 Å². The number of carbonyl (C=O) groups excluding carboxylic acids is 2. The van der Waals surface area contributed by atoms with Crippen molar-refractivity contribution in [2.24, 2.45) is 0 Å². The average molecular weight is 248 g/mol. The van der Waals surface area contributed by atoms with Crippen LogP contribution in [-0.4, -0.2) is 34.2 Å². The summed E-state index contributed by atoms with van der Waals surface area (Å²) in [7, 11) is 0. The zero-order valence-corrected chi connectivity index (χ0v) is 10.5. The van der Waals surface area contributed by atoms with Crippen LogP contribution in [0.5, 0.6) is 5.88 Å². The number of carbonyl (C=O) groups is 2. The molecule has 0 bridgehead atoms. The zero-order chi connectivity index (χ0) is 13.1. The summed E-state index contributed by atoms with van der Waals surface area (Å²) < 4.78 is 5.49. The van der Waals surface area contributed by atoms with Crippen LogP contribution in [0, 0.1) is 0 Å². The first-order chi connectivity index (χ1) is 8.54. The average Bonchev–Trinajstić information content (AvgIpc) is 2.57. The van der Waals surface area contributed by atoms with Crippen molar-refractivity contribution in [2.45, 2.75) is 32.9 Å². The molecule has 0 N–H and O–H groups in total. The van der Waals surface area contributed by atoms with E-state index in [9.17, 15) is 9.59 Å². The van der Waals surface area contributed by atoms with Crippen molar-refractivity contribution < 1.29 is 14.3 Å². The Bertz CT molecular complexity index is 471. The maximum absolute atomic E-state index is 11.5. The predicted molar refractivity (Wildman–Crippen MR) is 65.0 cm³/mol. The third-order valence-electron chi connectivity index (χ3n) is 2.60. The van der Waals surface area contributed by atoms with Crippen molar-refractivity contribution >= 4 is 11.7 Å². The molecule has 1 aromatic rings. The van der Waals surface area contributed by atoms with E-state index in [1.165, 1.54) is 0 Å². The summed E-state index contributed by atoms with van der Waals surface area (Å²) in [5.41, 5.74) is 0.920. The van der Waals surface area contributed by atoms with Gasteiger partial charge in [0, 0.05) is 18.8 Å². The Morgan fingerprint density at radius 2 is 2.22 bits per heavy atom. The second-order valence-corrected chi connectivity index (χ2v) is 4.63. The van der Waals surface area contributed by atoms with E-state index in [1.54, 1.807) is 17.2 Å². The van der Waals surface area contributed by atoms with Crippen LogP contribution in [0.4, 0.5) is 0 Å². The molecule has 1 saturated heterocycles. The van der Waals surface area contributed by atoms with Crippen LogP contribution in [-0.2, 0) is 16.1 Å². The van der Waals surface area contributed by atoms with E-state index in [4.69, 9.17) is 4.74 Å². The largest absolute Gasteiger partial charge is 0.475 e. The number of aromatic nitrogens is 1. The van der Waals surface area contributed by atoms with Gasteiger partial charge in [-0.05, 0) is 25.5 Å². The fourth-order valence-corrected chi connectivity index (χ4v) is 1.86. The number of ketones is 1. The topological polar surface area (TPSA) is 59.5 Å². The molecule has 0 atom stereocenters. The van der Waals surface area contributed by atoms with Gasteiger partial charge < -0.3 is 9.64 Å². The van der Waals surface area contributed by atoms with Gasteiger partial charge in [0.1, 0.15) is 0 Å². The van der Waals surface area contributed by atoms with Crippen molar-refractivity contribution in [3.8, 4) is 5.88 Å². The van der Waals surface area contributed by atoms with E-state index in [2.05, 4.69) is 4.98 Å². The number of rotatable bonds is 4. The van der Waals surface area contributed by atoms with Gasteiger partial charge in [0.2, 0.25) is 11.8 Å². The Morgan fingerprint density at radius 1 is 1.44 bits per heavy atom. The van der Waals surface area contributed by atoms with Gasteiger partial charge in [0.25, 0.3) is 0 Å². The summed E-state index contributed by atoms with van der Waals surface area (Å²) >= 11 is 0. The number of hydrogen-bond donors (Lipinski definition) is 0. The number of nitrogens with zero attached hydrogens (tertiary/aromatic N) is 2. The Balaban J connectivity index is 2.05. The lowest BCUT2D eigenvalue weighted by atomic mass is 10.2. The van der Waals surface area contributed by atoms with Crippen LogP contribution >= 0.6 is 0 Å². The van der Waals surface area contributed by atoms with Crippen molar-refractivity contribution in [3.05, 3.63) is 23.9 Å². The van der Waals surface area contributed by atoms with Gasteiger partial charge >= 0.3 is 0 Å². The van der Waals surface area contributed by atoms with E-state index < -0.39 is 0 Å². The summed E-state index contributed by atoms with van der Waals surface area (Å²) in [5.74, 6) is 0.413. The molecule has 0 aromatic carbocycles. The molecule has 1 aromatic heterocycles. The molecule has 0 saturated carbocycles. The minimum Gasteiger partial charge on any atom is -0.475 e. The van der Waals surface area contributed by atoms with Gasteiger partial charge in [-0.3, -0.25) is 9.59 Å². The van der Waals surface area contributed by atoms with Gasteiger partial charge in [0.05, 0.1) is 19.1 Å². The quantitative estimate of drug-likeness (QED) is 0.750. The third kappa shape index (κ3) is 3.06. The number of amides is 1. The lowest BCUT2D eigenvalue weighted by Gasteiger charge is -2.15. The fourth-order valence-electron chi connectivity index (χ4n) is 1.86. The van der Waals surface area contributed by atoms with E-state index >= 15 is 0 Å². The summed E-state index contributed by atoms with van der Waals surface area (Å²) in [6.07, 6.45) is 1.73. The van der Waals surface area contributed by atoms with E-state index in [0.29, 0.717) is 12.4 Å². The minimum absolute atomic E-state index is 0.0206. The second-order valence-electron chi connectivity index (χ2n) is 4.63. The van der Waals surface area contributed by atoms with Gasteiger partial charge in [-0.15, -0.1) is 0 Å². The molecular weight excluding hydrogens is 232 g/mol. The molecular formula is C13H16N2O3. The Hall–Kier alpha value is -1.91. The van der Waals surface area contributed by atoms with E-state index in [1.807, 2.05) is 19.9 Å². The number of ether oxygens (including phenoxy) is 1. The predicted octanol–water partition coefficient (Wildman–Crippen LogP) is 1.17. The highest BCUT2D eigenvalue weighted by Crippen LogP contribution is 2.16. The molecule has 0 spiro atoms. The SMILES string of the molecule is CC(C)Oc1cc(CN2CC(=O)CC2=O)ccn1. The number of Topliss-reactive ketones (excluding diaryl/α,β-unsaturated/α-hetero) is 1. The molecule has 18 heavy (non-hydrogen) atoms. The van der Waals surface area contributed by atoms with Crippen LogP contribution in [0.1, 0.15) is 25.8 Å². The second kappa shape index (κ2) is 5.16. The van der Waals surface area contributed by atoms with Gasteiger partial charge in [-0.2, -0.15) is 0 Å². The summed E-state index contributed by atoms with van der Waals surface area (Å²) in [4.78, 5) is 28.3. The number of hydrogen-bond acceptors (Lipinski definition) is 4. The molecule has 5 heteroatoms. The van der Waals surface area contributed by atoms with Crippen LogP contribution in [0.25, 0.3) is 0 Å². The zero-order valence-electron chi connectivity index (χ0n) is 10.5. The summed E-state index contributed by atoms with van der Waals surface area (Å²) in [6, 6.07) is 3.62. The molecule has 0 aliphatic carbocycles. The molecule has 2 rings (SSSR count). The summed E-state index contributed by atoms with van der Waals surface area (Å²) in [5, 5.41) is 0. The standard InChI is InChI=1S/C13H16N2O3/c1-9(2)18-12-5-10(3-4-14-12)7-15-8-11(16)6-13(15)17/h3-5,9H,6-8H2,1-2H3. The van der Waals surface area contributed by atoms with Crippen molar-refractivity contribution in [1.82, 2.24) is 9.88 Å². The summed E-state index contributed by atoms with van der Waals surface area (Å²) in [6.45, 7) is 4.50. The molecule has 1 amide bonds. The Kier molecular flexibility index (Phi) is 3.60. The molecule has 0 radical (unpaired) electrons.